The molecule has 0 radical (unpaired) electrons. The molecule has 35 heavy (non-hydrogen) atoms. The zero-order chi connectivity index (χ0) is 25.2. The Morgan fingerprint density at radius 1 is 1.09 bits per heavy atom. The Labute approximate surface area is 214 Å². The van der Waals surface area contributed by atoms with Gasteiger partial charge in [-0.2, -0.15) is 9.97 Å². The Kier molecular flexibility index (Phi) is 8.39. The van der Waals surface area contributed by atoms with E-state index in [2.05, 4.69) is 26.7 Å². The lowest BCUT2D eigenvalue weighted by atomic mass is 9.95. The van der Waals surface area contributed by atoms with Crippen LogP contribution in [0.1, 0.15) is 65.4 Å². The maximum Gasteiger partial charge on any atom is 0.319 e. The van der Waals surface area contributed by atoms with Crippen molar-refractivity contribution in [3.63, 3.8) is 0 Å². The number of halogens is 2. The number of rotatable bonds is 3. The highest BCUT2D eigenvalue weighted by Gasteiger charge is 2.45. The first-order chi connectivity index (χ1) is 17.0. The third-order valence-corrected chi connectivity index (χ3v) is 8.24. The van der Waals surface area contributed by atoms with Crippen molar-refractivity contribution in [1.29, 1.82) is 0 Å². The number of aryl methyl sites for hydroxylation is 1. The second kappa shape index (κ2) is 11.1. The highest BCUT2D eigenvalue weighted by Crippen LogP contribution is 2.41. The van der Waals surface area contributed by atoms with Crippen LogP contribution in [0.25, 0.3) is 10.9 Å². The number of likely N-dealkylation sites (N-methyl/N-ethyl adjacent to an activating group) is 1. The van der Waals surface area contributed by atoms with E-state index in [0.717, 1.165) is 75.2 Å². The molecule has 4 aliphatic rings. The number of benzene rings is 1. The summed E-state index contributed by atoms with van der Waals surface area (Å²) in [5.74, 6) is 0.394. The topological polar surface area (TPSA) is 44.7 Å². The molecule has 1 unspecified atom stereocenters. The summed E-state index contributed by atoms with van der Waals surface area (Å²) in [6.07, 6.45) is 6.51. The minimum absolute atomic E-state index is 0.104. The smallest absolute Gasteiger partial charge is 0.319 e. The Hall–Kier alpha value is -1.70. The van der Waals surface area contributed by atoms with Crippen molar-refractivity contribution in [2.75, 3.05) is 51.3 Å². The van der Waals surface area contributed by atoms with Gasteiger partial charge in [0.2, 0.25) is 0 Å². The minimum atomic E-state index is -0.397. The predicted octanol–water partition coefficient (Wildman–Crippen LogP) is 5.55. The van der Waals surface area contributed by atoms with E-state index in [1.807, 2.05) is 27.7 Å². The maximum atomic E-state index is 15.1. The van der Waals surface area contributed by atoms with Crippen molar-refractivity contribution in [2.45, 2.75) is 77.8 Å². The third-order valence-electron chi connectivity index (χ3n) is 7.91. The molecule has 0 aliphatic carbocycles. The Balaban J connectivity index is 0.000000689. The molecule has 0 amide bonds. The Morgan fingerprint density at radius 2 is 1.80 bits per heavy atom. The van der Waals surface area contributed by atoms with Gasteiger partial charge in [0.05, 0.1) is 10.9 Å². The van der Waals surface area contributed by atoms with Crippen LogP contribution in [0.3, 0.4) is 0 Å². The van der Waals surface area contributed by atoms with Crippen LogP contribution in [0.2, 0.25) is 5.02 Å². The van der Waals surface area contributed by atoms with E-state index >= 15 is 4.39 Å². The number of aromatic nitrogens is 2. The van der Waals surface area contributed by atoms with Crippen molar-refractivity contribution < 1.29 is 9.13 Å². The van der Waals surface area contributed by atoms with Crippen LogP contribution >= 0.6 is 11.6 Å². The summed E-state index contributed by atoms with van der Waals surface area (Å²) in [5, 5.41) is 1.24. The molecule has 2 aromatic rings. The fourth-order valence-corrected chi connectivity index (χ4v) is 6.57. The molecule has 194 valence electrons. The van der Waals surface area contributed by atoms with Gasteiger partial charge in [0.25, 0.3) is 0 Å². The van der Waals surface area contributed by atoms with Gasteiger partial charge in [0, 0.05) is 30.7 Å². The number of hydrogen-bond donors (Lipinski definition) is 0. The quantitative estimate of drug-likeness (QED) is 0.545. The van der Waals surface area contributed by atoms with Gasteiger partial charge in [0.15, 0.2) is 5.82 Å². The number of anilines is 1. The molecule has 6 nitrogen and oxygen atoms in total. The monoisotopic (exact) mass is 505 g/mol. The zero-order valence-corrected chi connectivity index (χ0v) is 22.8. The second-order valence-electron chi connectivity index (χ2n) is 9.73. The van der Waals surface area contributed by atoms with Crippen LogP contribution < -0.4 is 9.64 Å². The number of nitrogens with zero attached hydrogens (tertiary/aromatic N) is 5. The molecule has 1 aromatic heterocycles. The van der Waals surface area contributed by atoms with Gasteiger partial charge in [-0.1, -0.05) is 39.3 Å². The van der Waals surface area contributed by atoms with Crippen molar-refractivity contribution in [2.24, 2.45) is 0 Å². The molecule has 3 saturated heterocycles. The summed E-state index contributed by atoms with van der Waals surface area (Å²) in [5.41, 5.74) is 1.41. The number of hydrogen-bond acceptors (Lipinski definition) is 6. The van der Waals surface area contributed by atoms with Gasteiger partial charge in [-0.05, 0) is 70.3 Å². The third kappa shape index (κ3) is 4.84. The van der Waals surface area contributed by atoms with E-state index in [-0.39, 0.29) is 5.54 Å². The van der Waals surface area contributed by atoms with E-state index < -0.39 is 5.82 Å². The summed E-state index contributed by atoms with van der Waals surface area (Å²) < 4.78 is 21.3. The fourth-order valence-electron chi connectivity index (χ4n) is 6.29. The average Bonchev–Trinajstić information content (AvgIpc) is 3.41. The van der Waals surface area contributed by atoms with E-state index in [0.29, 0.717) is 29.2 Å². The molecule has 0 N–H and O–H groups in total. The van der Waals surface area contributed by atoms with Crippen LogP contribution in [-0.4, -0.2) is 77.7 Å². The van der Waals surface area contributed by atoms with Crippen LogP contribution in [0.5, 0.6) is 6.01 Å². The molecule has 6 rings (SSSR count). The minimum Gasteiger partial charge on any atom is -0.461 e. The summed E-state index contributed by atoms with van der Waals surface area (Å²) in [6, 6.07) is 2.03. The summed E-state index contributed by atoms with van der Waals surface area (Å²) in [6.45, 7) is 13.6. The van der Waals surface area contributed by atoms with Crippen LogP contribution in [-0.2, 0) is 6.42 Å². The second-order valence-corrected chi connectivity index (χ2v) is 10.1. The molecule has 3 fully saturated rings. The van der Waals surface area contributed by atoms with Gasteiger partial charge >= 0.3 is 6.01 Å². The molecule has 0 spiro atoms. The Morgan fingerprint density at radius 3 is 2.51 bits per heavy atom. The normalized spacial score (nSPS) is 22.9. The lowest BCUT2D eigenvalue weighted by Gasteiger charge is -2.40. The molecule has 0 bridgehead atoms. The van der Waals surface area contributed by atoms with Gasteiger partial charge in [-0.3, -0.25) is 4.90 Å². The largest absolute Gasteiger partial charge is 0.461 e. The standard InChI is InChI=1S/C23H29ClFN5O.2C2H6/c1-28-10-11-30-15(13-28)4-5-16-17(24)12-18(25)20-19(16)21(30)27-22(26-20)31-14-23-6-2-8-29(23)9-3-7-23;2*1-2/h12,15H,2-11,13-14H2,1H3;2*1-2H3. The van der Waals surface area contributed by atoms with Gasteiger partial charge in [-0.15, -0.1) is 0 Å². The van der Waals surface area contributed by atoms with Crippen molar-refractivity contribution >= 4 is 28.3 Å². The van der Waals surface area contributed by atoms with Crippen LogP contribution in [0.4, 0.5) is 10.2 Å². The van der Waals surface area contributed by atoms with Crippen molar-refractivity contribution in [1.82, 2.24) is 19.8 Å². The number of fused-ring (bicyclic) bond motifs is 3. The lowest BCUT2D eigenvalue weighted by molar-refractivity contribution is 0.108. The van der Waals surface area contributed by atoms with E-state index in [1.54, 1.807) is 0 Å². The SMILES string of the molecule is CC.CC.CN1CCN2c3nc(OCC45CCCN4CCC5)nc4c(F)cc(Cl)c(c34)CCC2C1. The van der Waals surface area contributed by atoms with Crippen molar-refractivity contribution in [3.8, 4) is 6.01 Å². The fraction of sp³-hybridized carbons (Fsp3) is 0.704. The molecule has 1 aromatic carbocycles. The van der Waals surface area contributed by atoms with Crippen LogP contribution in [0, 0.1) is 5.82 Å². The molecule has 8 heteroatoms. The molecular formula is C27H41ClFN5O. The first-order valence-corrected chi connectivity index (χ1v) is 13.9. The van der Waals surface area contributed by atoms with E-state index in [9.17, 15) is 0 Å². The lowest BCUT2D eigenvalue weighted by Crippen LogP contribution is -2.52. The summed E-state index contributed by atoms with van der Waals surface area (Å²) in [7, 11) is 2.15. The molecular weight excluding hydrogens is 465 g/mol. The van der Waals surface area contributed by atoms with Gasteiger partial charge < -0.3 is 14.5 Å². The average molecular weight is 506 g/mol. The first-order valence-electron chi connectivity index (χ1n) is 13.6. The first kappa shape index (κ1) is 26.4. The summed E-state index contributed by atoms with van der Waals surface area (Å²) in [4.78, 5) is 16.7. The maximum absolute atomic E-state index is 15.1. The molecule has 5 heterocycles. The van der Waals surface area contributed by atoms with Gasteiger partial charge in [-0.25, -0.2) is 4.39 Å². The Bertz CT molecular complexity index is 1020. The number of piperazine rings is 1. The van der Waals surface area contributed by atoms with Crippen LogP contribution in [0.15, 0.2) is 6.07 Å². The highest BCUT2D eigenvalue weighted by atomic mass is 35.5. The highest BCUT2D eigenvalue weighted by molar-refractivity contribution is 6.32. The zero-order valence-electron chi connectivity index (χ0n) is 22.0. The molecule has 0 saturated carbocycles. The van der Waals surface area contributed by atoms with Gasteiger partial charge in [0.1, 0.15) is 17.9 Å². The molecule has 1 atom stereocenters. The predicted molar refractivity (Wildman–Crippen MR) is 142 cm³/mol. The number of ether oxygens (including phenoxy) is 1. The van der Waals surface area contributed by atoms with Crippen molar-refractivity contribution in [3.05, 3.63) is 22.5 Å². The van der Waals surface area contributed by atoms with E-state index in [4.69, 9.17) is 21.3 Å². The molecule has 4 aliphatic heterocycles. The summed E-state index contributed by atoms with van der Waals surface area (Å²) >= 11 is 6.50. The van der Waals surface area contributed by atoms with E-state index in [1.165, 1.54) is 18.9 Å².